The molecule has 2 fully saturated rings. The van der Waals surface area contributed by atoms with Crippen molar-refractivity contribution in [3.05, 3.63) is 29.8 Å². The number of carbonyl (C=O) groups excluding carboxylic acids is 1. The number of ether oxygens (including phenoxy) is 1. The monoisotopic (exact) mass is 261 g/mol. The van der Waals surface area contributed by atoms with Crippen molar-refractivity contribution in [2.75, 3.05) is 7.11 Å². The summed E-state index contributed by atoms with van der Waals surface area (Å²) >= 11 is 0. The van der Waals surface area contributed by atoms with Crippen molar-refractivity contribution < 1.29 is 14.6 Å². The molecule has 0 saturated carbocycles. The topological polar surface area (TPSA) is 58.6 Å². The number of carbonyl (C=O) groups is 1. The van der Waals surface area contributed by atoms with Crippen LogP contribution in [0.4, 0.5) is 0 Å². The smallest absolute Gasteiger partial charge is 0.309 e. The Balaban J connectivity index is 1.96. The third-order valence-corrected chi connectivity index (χ3v) is 4.44. The van der Waals surface area contributed by atoms with E-state index in [1.807, 2.05) is 12.1 Å². The molecule has 0 spiro atoms. The van der Waals surface area contributed by atoms with Gasteiger partial charge in [-0.3, -0.25) is 4.79 Å². The summed E-state index contributed by atoms with van der Waals surface area (Å²) in [6.07, 6.45) is 3.02. The Kier molecular flexibility index (Phi) is 3.19. The summed E-state index contributed by atoms with van der Waals surface area (Å²) in [4.78, 5) is 12.0. The molecular formula is C15H19NO3. The number of fused-ring (bicyclic) bond motifs is 2. The highest BCUT2D eigenvalue weighted by Crippen LogP contribution is 2.43. The Hall–Kier alpha value is -1.55. The Bertz CT molecular complexity index is 488. The molecular weight excluding hydrogens is 242 g/mol. The van der Waals surface area contributed by atoms with E-state index in [2.05, 4.69) is 5.32 Å². The number of hydrogen-bond donors (Lipinski definition) is 2. The van der Waals surface area contributed by atoms with Gasteiger partial charge in [0.1, 0.15) is 5.75 Å². The second-order valence-electron chi connectivity index (χ2n) is 5.53. The lowest BCUT2D eigenvalue weighted by atomic mass is 9.77. The Morgan fingerprint density at radius 1 is 1.42 bits per heavy atom. The SMILES string of the molecule is COC(=O)[C@H]1C[C@H]2CCC(N2)[C@H]1c1cccc(O)c1. The predicted octanol–water partition coefficient (Wildman–Crippen LogP) is 1.79. The first-order valence-electron chi connectivity index (χ1n) is 6.82. The Morgan fingerprint density at radius 2 is 2.26 bits per heavy atom. The largest absolute Gasteiger partial charge is 0.508 e. The molecule has 102 valence electrons. The van der Waals surface area contributed by atoms with E-state index in [0.717, 1.165) is 24.8 Å². The van der Waals surface area contributed by atoms with Crippen molar-refractivity contribution in [1.82, 2.24) is 5.32 Å². The molecule has 4 nitrogen and oxygen atoms in total. The molecule has 0 radical (unpaired) electrons. The van der Waals surface area contributed by atoms with E-state index in [9.17, 15) is 9.90 Å². The van der Waals surface area contributed by atoms with Crippen LogP contribution in [-0.2, 0) is 9.53 Å². The van der Waals surface area contributed by atoms with Gasteiger partial charge in [-0.1, -0.05) is 12.1 Å². The van der Waals surface area contributed by atoms with E-state index in [4.69, 9.17) is 4.74 Å². The number of aromatic hydroxyl groups is 1. The second kappa shape index (κ2) is 4.85. The van der Waals surface area contributed by atoms with Crippen LogP contribution < -0.4 is 5.32 Å². The van der Waals surface area contributed by atoms with Crippen LogP contribution in [0.5, 0.6) is 5.75 Å². The van der Waals surface area contributed by atoms with Gasteiger partial charge in [0.05, 0.1) is 13.0 Å². The molecule has 3 rings (SSSR count). The highest BCUT2D eigenvalue weighted by molar-refractivity contribution is 5.74. The quantitative estimate of drug-likeness (QED) is 0.797. The minimum Gasteiger partial charge on any atom is -0.508 e. The molecule has 2 bridgehead atoms. The van der Waals surface area contributed by atoms with E-state index >= 15 is 0 Å². The lowest BCUT2D eigenvalue weighted by Gasteiger charge is -2.36. The zero-order valence-electron chi connectivity index (χ0n) is 11.0. The molecule has 4 heteroatoms. The van der Waals surface area contributed by atoms with E-state index in [1.54, 1.807) is 12.1 Å². The summed E-state index contributed by atoms with van der Waals surface area (Å²) in [5.74, 6) is 0.108. The number of phenolic OH excluding ortho intramolecular Hbond substituents is 1. The van der Waals surface area contributed by atoms with Crippen molar-refractivity contribution in [3.63, 3.8) is 0 Å². The maximum atomic E-state index is 12.0. The second-order valence-corrected chi connectivity index (χ2v) is 5.53. The first-order valence-corrected chi connectivity index (χ1v) is 6.82. The molecule has 4 atom stereocenters. The fraction of sp³-hybridized carbons (Fsp3) is 0.533. The fourth-order valence-corrected chi connectivity index (χ4v) is 3.64. The summed E-state index contributed by atoms with van der Waals surface area (Å²) in [7, 11) is 1.45. The molecule has 2 heterocycles. The number of esters is 1. The van der Waals surface area contributed by atoms with Gasteiger partial charge < -0.3 is 15.2 Å². The van der Waals surface area contributed by atoms with Crippen molar-refractivity contribution in [2.45, 2.75) is 37.3 Å². The minimum absolute atomic E-state index is 0.0956. The molecule has 0 amide bonds. The Morgan fingerprint density at radius 3 is 3.00 bits per heavy atom. The van der Waals surface area contributed by atoms with Gasteiger partial charge in [-0.05, 0) is 37.0 Å². The molecule has 2 N–H and O–H groups in total. The summed E-state index contributed by atoms with van der Waals surface area (Å²) in [5, 5.41) is 13.2. The fourth-order valence-electron chi connectivity index (χ4n) is 3.64. The standard InChI is InChI=1S/C15H19NO3/c1-19-15(18)12-8-10-5-6-13(16-10)14(12)9-3-2-4-11(17)7-9/h2-4,7,10,12-14,16-17H,5-6,8H2,1H3/t10-,12+,13?,14+/m1/s1. The van der Waals surface area contributed by atoms with Gasteiger partial charge in [-0.25, -0.2) is 0 Å². The van der Waals surface area contributed by atoms with Crippen molar-refractivity contribution >= 4 is 5.97 Å². The molecule has 2 saturated heterocycles. The average molecular weight is 261 g/mol. The first kappa shape index (κ1) is 12.5. The highest BCUT2D eigenvalue weighted by atomic mass is 16.5. The van der Waals surface area contributed by atoms with E-state index in [0.29, 0.717) is 12.1 Å². The van der Waals surface area contributed by atoms with Gasteiger partial charge in [0, 0.05) is 18.0 Å². The molecule has 1 unspecified atom stereocenters. The highest BCUT2D eigenvalue weighted by Gasteiger charge is 2.45. The predicted molar refractivity (Wildman–Crippen MR) is 70.9 cm³/mol. The minimum atomic E-state index is -0.133. The van der Waals surface area contributed by atoms with Crippen LogP contribution in [0, 0.1) is 5.92 Å². The lowest BCUT2D eigenvalue weighted by molar-refractivity contribution is -0.147. The van der Waals surface area contributed by atoms with Crippen molar-refractivity contribution in [2.24, 2.45) is 5.92 Å². The van der Waals surface area contributed by atoms with Crippen LogP contribution in [0.15, 0.2) is 24.3 Å². The Labute approximate surface area is 112 Å². The van der Waals surface area contributed by atoms with Crippen LogP contribution in [0.25, 0.3) is 0 Å². The van der Waals surface area contributed by atoms with Gasteiger partial charge in [-0.2, -0.15) is 0 Å². The zero-order valence-corrected chi connectivity index (χ0v) is 11.0. The molecule has 2 aliphatic heterocycles. The number of hydrogen-bond acceptors (Lipinski definition) is 4. The third kappa shape index (κ3) is 2.21. The van der Waals surface area contributed by atoms with E-state index in [-0.39, 0.29) is 23.6 Å². The van der Waals surface area contributed by atoms with E-state index < -0.39 is 0 Å². The number of phenols is 1. The lowest BCUT2D eigenvalue weighted by Crippen LogP contribution is -2.46. The first-order chi connectivity index (χ1) is 9.19. The molecule has 0 aliphatic carbocycles. The molecule has 1 aromatic carbocycles. The van der Waals surface area contributed by atoms with Crippen LogP contribution in [-0.4, -0.2) is 30.3 Å². The van der Waals surface area contributed by atoms with Crippen LogP contribution in [0.2, 0.25) is 0 Å². The summed E-state index contributed by atoms with van der Waals surface area (Å²) in [5.41, 5.74) is 1.02. The molecule has 19 heavy (non-hydrogen) atoms. The maximum Gasteiger partial charge on any atom is 0.309 e. The van der Waals surface area contributed by atoms with Gasteiger partial charge in [0.2, 0.25) is 0 Å². The number of nitrogens with one attached hydrogen (secondary N) is 1. The summed E-state index contributed by atoms with van der Waals surface area (Å²) in [6.45, 7) is 0. The summed E-state index contributed by atoms with van der Waals surface area (Å²) in [6, 6.07) is 7.98. The van der Waals surface area contributed by atoms with Gasteiger partial charge in [0.15, 0.2) is 0 Å². The summed E-state index contributed by atoms with van der Waals surface area (Å²) < 4.78 is 4.97. The molecule has 0 aromatic heterocycles. The average Bonchev–Trinajstić information content (AvgIpc) is 2.79. The number of methoxy groups -OCH3 is 1. The number of piperidine rings is 1. The number of rotatable bonds is 2. The van der Waals surface area contributed by atoms with Crippen molar-refractivity contribution in [3.8, 4) is 5.75 Å². The van der Waals surface area contributed by atoms with Gasteiger partial charge in [-0.15, -0.1) is 0 Å². The molecule has 1 aromatic rings. The normalized spacial score (nSPS) is 33.1. The van der Waals surface area contributed by atoms with E-state index in [1.165, 1.54) is 7.11 Å². The van der Waals surface area contributed by atoms with Gasteiger partial charge >= 0.3 is 5.97 Å². The van der Waals surface area contributed by atoms with Crippen molar-refractivity contribution in [1.29, 1.82) is 0 Å². The molecule has 2 aliphatic rings. The number of benzene rings is 1. The maximum absolute atomic E-state index is 12.0. The van der Waals surface area contributed by atoms with Crippen LogP contribution in [0.1, 0.15) is 30.7 Å². The third-order valence-electron chi connectivity index (χ3n) is 4.44. The van der Waals surface area contributed by atoms with Crippen LogP contribution in [0.3, 0.4) is 0 Å². The zero-order chi connectivity index (χ0) is 13.4. The van der Waals surface area contributed by atoms with Crippen LogP contribution >= 0.6 is 0 Å². The van der Waals surface area contributed by atoms with Gasteiger partial charge in [0.25, 0.3) is 0 Å².